The van der Waals surface area contributed by atoms with Crippen molar-refractivity contribution in [3.05, 3.63) is 65.2 Å². The van der Waals surface area contributed by atoms with Gasteiger partial charge in [-0.2, -0.15) is 5.10 Å². The van der Waals surface area contributed by atoms with E-state index in [0.29, 0.717) is 34.5 Å². The Morgan fingerprint density at radius 2 is 1.89 bits per heavy atom. The summed E-state index contributed by atoms with van der Waals surface area (Å²) in [7, 11) is -1.83. The molecule has 2 heterocycles. The van der Waals surface area contributed by atoms with Gasteiger partial charge in [0.1, 0.15) is 35.4 Å². The molecule has 0 unspecified atom stereocenters. The van der Waals surface area contributed by atoms with Gasteiger partial charge >= 0.3 is 0 Å². The van der Waals surface area contributed by atoms with E-state index in [0.717, 1.165) is 17.6 Å². The Balaban J connectivity index is 1.77. The summed E-state index contributed by atoms with van der Waals surface area (Å²) >= 11 is 0. The third-order valence-corrected chi connectivity index (χ3v) is 6.21. The molecule has 0 saturated carbocycles. The summed E-state index contributed by atoms with van der Waals surface area (Å²) in [5.41, 5.74) is 3.40. The molecule has 0 aliphatic rings. The van der Waals surface area contributed by atoms with Gasteiger partial charge in [0, 0.05) is 36.0 Å². The van der Waals surface area contributed by atoms with E-state index in [-0.39, 0.29) is 23.8 Å². The molecule has 0 saturated heterocycles. The van der Waals surface area contributed by atoms with Gasteiger partial charge in [-0.25, -0.2) is 12.8 Å². The first-order valence-electron chi connectivity index (χ1n) is 11.2. The monoisotopic (exact) mass is 514 g/mol. The third-order valence-electron chi connectivity index (χ3n) is 5.54. The van der Waals surface area contributed by atoms with Crippen molar-refractivity contribution < 1.29 is 26.8 Å². The molecule has 0 atom stereocenters. The molecule has 4 aromatic rings. The second-order valence-electron chi connectivity index (χ2n) is 8.48. The zero-order valence-electron chi connectivity index (χ0n) is 20.4. The fraction of sp³-hybridized carbons (Fsp3) is 0.280. The maximum absolute atomic E-state index is 13.5. The summed E-state index contributed by atoms with van der Waals surface area (Å²) < 4.78 is 51.0. The number of carbonyl (C=O) groups is 1. The number of carbonyl (C=O) groups excluding carboxylic acids is 1. The van der Waals surface area contributed by atoms with E-state index >= 15 is 0 Å². The number of nitrogens with one attached hydrogen (secondary N) is 2. The van der Waals surface area contributed by atoms with Crippen LogP contribution in [-0.2, 0) is 16.4 Å². The van der Waals surface area contributed by atoms with Gasteiger partial charge in [-0.3, -0.25) is 9.48 Å². The van der Waals surface area contributed by atoms with Crippen LogP contribution in [0.2, 0.25) is 0 Å². The fourth-order valence-corrected chi connectivity index (χ4v) is 4.31. The van der Waals surface area contributed by atoms with E-state index in [1.807, 2.05) is 24.6 Å². The van der Waals surface area contributed by atoms with Gasteiger partial charge in [0.25, 0.3) is 5.91 Å². The summed E-state index contributed by atoms with van der Waals surface area (Å²) in [5.74, 6) is -0.511. The van der Waals surface area contributed by atoms with E-state index < -0.39 is 21.6 Å². The van der Waals surface area contributed by atoms with Crippen LogP contribution >= 0.6 is 0 Å². The summed E-state index contributed by atoms with van der Waals surface area (Å²) in [4.78, 5) is 12.8. The van der Waals surface area contributed by atoms with Crippen molar-refractivity contribution in [1.29, 1.82) is 0 Å². The van der Waals surface area contributed by atoms with E-state index in [2.05, 4.69) is 15.7 Å². The highest BCUT2D eigenvalue weighted by atomic mass is 32.2. The van der Waals surface area contributed by atoms with Gasteiger partial charge in [-0.05, 0) is 50.2 Å². The van der Waals surface area contributed by atoms with Gasteiger partial charge in [0.2, 0.25) is 0 Å². The fourth-order valence-electron chi connectivity index (χ4n) is 3.89. The van der Waals surface area contributed by atoms with Gasteiger partial charge in [-0.1, -0.05) is 0 Å². The van der Waals surface area contributed by atoms with Crippen LogP contribution in [0.3, 0.4) is 0 Å². The SMILES string of the molecule is CNC(=O)c1c(-c2ccc(F)cc2)oc2cc(NCS(C)(=O)=O)c(OCCn3nc(C)cc3C)cc12. The first-order valence-corrected chi connectivity index (χ1v) is 13.3. The minimum absolute atomic E-state index is 0.249. The average molecular weight is 515 g/mol. The Labute approximate surface area is 208 Å². The number of furan rings is 1. The van der Waals surface area contributed by atoms with Crippen molar-refractivity contribution in [3.63, 3.8) is 0 Å². The molecule has 0 spiro atoms. The lowest BCUT2D eigenvalue weighted by atomic mass is 10.0. The number of fused-ring (bicyclic) bond motifs is 1. The van der Waals surface area contributed by atoms with Crippen LogP contribution in [0, 0.1) is 19.7 Å². The summed E-state index contributed by atoms with van der Waals surface area (Å²) in [6.45, 7) is 4.57. The van der Waals surface area contributed by atoms with E-state index in [1.165, 1.54) is 31.3 Å². The van der Waals surface area contributed by atoms with Crippen molar-refractivity contribution in [2.75, 3.05) is 31.1 Å². The van der Waals surface area contributed by atoms with Crippen LogP contribution in [-0.4, -0.2) is 49.9 Å². The first-order chi connectivity index (χ1) is 17.1. The predicted molar refractivity (Wildman–Crippen MR) is 136 cm³/mol. The number of amides is 1. The van der Waals surface area contributed by atoms with Crippen LogP contribution in [0.5, 0.6) is 5.75 Å². The molecule has 1 amide bonds. The first kappa shape index (κ1) is 25.2. The van der Waals surface area contributed by atoms with Crippen LogP contribution in [0.4, 0.5) is 10.1 Å². The minimum Gasteiger partial charge on any atom is -0.489 e. The highest BCUT2D eigenvalue weighted by Crippen LogP contribution is 2.39. The maximum Gasteiger partial charge on any atom is 0.255 e. The number of aryl methyl sites for hydroxylation is 2. The minimum atomic E-state index is -3.34. The number of nitrogens with zero attached hydrogens (tertiary/aromatic N) is 2. The lowest BCUT2D eigenvalue weighted by Crippen LogP contribution is -2.18. The van der Waals surface area contributed by atoms with E-state index in [1.54, 1.807) is 12.1 Å². The summed E-state index contributed by atoms with van der Waals surface area (Å²) in [5, 5.41) is 10.4. The Bertz CT molecular complexity index is 1520. The van der Waals surface area contributed by atoms with Crippen molar-refractivity contribution in [2.45, 2.75) is 20.4 Å². The standard InChI is InChI=1S/C25H27FN4O5S/c1-15-11-16(2)30(29-15)9-10-34-22-12-19-21(13-20(22)28-14-36(4,32)33)35-24(23(19)25(31)27-3)17-5-7-18(26)8-6-17/h5-8,11-13,28H,9-10,14H2,1-4H3,(H,27,31). The molecular formula is C25H27FN4O5S. The van der Waals surface area contributed by atoms with Crippen LogP contribution in [0.25, 0.3) is 22.3 Å². The third kappa shape index (κ3) is 5.51. The predicted octanol–water partition coefficient (Wildman–Crippen LogP) is 3.90. The number of halogens is 1. The molecule has 0 fully saturated rings. The molecule has 2 N–H and O–H groups in total. The number of rotatable bonds is 9. The summed E-state index contributed by atoms with van der Waals surface area (Å²) in [6, 6.07) is 10.8. The molecule has 4 rings (SSSR count). The number of benzene rings is 2. The number of anilines is 1. The highest BCUT2D eigenvalue weighted by molar-refractivity contribution is 7.90. The second-order valence-corrected chi connectivity index (χ2v) is 10.6. The zero-order chi connectivity index (χ0) is 26.0. The van der Waals surface area contributed by atoms with Crippen molar-refractivity contribution >= 4 is 32.4 Å². The Morgan fingerprint density at radius 3 is 2.50 bits per heavy atom. The molecule has 2 aromatic carbocycles. The smallest absolute Gasteiger partial charge is 0.255 e. The number of ether oxygens (including phenoxy) is 1. The molecule has 0 aliphatic heterocycles. The molecular weight excluding hydrogens is 487 g/mol. The second kappa shape index (κ2) is 10.0. The van der Waals surface area contributed by atoms with Gasteiger partial charge in [-0.15, -0.1) is 0 Å². The lowest BCUT2D eigenvalue weighted by Gasteiger charge is -2.14. The number of hydrogen-bond acceptors (Lipinski definition) is 7. The van der Waals surface area contributed by atoms with Crippen LogP contribution in [0.1, 0.15) is 21.7 Å². The van der Waals surface area contributed by atoms with Crippen molar-refractivity contribution in [1.82, 2.24) is 15.1 Å². The Kier molecular flexibility index (Phi) is 7.02. The van der Waals surface area contributed by atoms with Crippen LogP contribution < -0.4 is 15.4 Å². The maximum atomic E-state index is 13.5. The molecule has 190 valence electrons. The average Bonchev–Trinajstić information content (AvgIpc) is 3.35. The van der Waals surface area contributed by atoms with Gasteiger partial charge in [0.05, 0.1) is 23.5 Å². The van der Waals surface area contributed by atoms with E-state index in [9.17, 15) is 17.6 Å². The largest absolute Gasteiger partial charge is 0.489 e. The zero-order valence-corrected chi connectivity index (χ0v) is 21.2. The normalized spacial score (nSPS) is 11.6. The number of aromatic nitrogens is 2. The van der Waals surface area contributed by atoms with Crippen molar-refractivity contribution in [2.24, 2.45) is 0 Å². The highest BCUT2D eigenvalue weighted by Gasteiger charge is 2.24. The molecule has 0 aliphatic carbocycles. The van der Waals surface area contributed by atoms with Crippen molar-refractivity contribution in [3.8, 4) is 17.1 Å². The van der Waals surface area contributed by atoms with Crippen LogP contribution in [0.15, 0.2) is 46.9 Å². The molecule has 9 nitrogen and oxygen atoms in total. The summed E-state index contributed by atoms with van der Waals surface area (Å²) in [6.07, 6.45) is 1.12. The molecule has 36 heavy (non-hydrogen) atoms. The topological polar surface area (TPSA) is 115 Å². The van der Waals surface area contributed by atoms with E-state index in [4.69, 9.17) is 9.15 Å². The quantitative estimate of drug-likeness (QED) is 0.348. The Morgan fingerprint density at radius 1 is 1.17 bits per heavy atom. The number of hydrogen-bond donors (Lipinski definition) is 2. The number of sulfone groups is 1. The Hall–Kier alpha value is -3.86. The lowest BCUT2D eigenvalue weighted by molar-refractivity contribution is 0.0964. The molecule has 0 radical (unpaired) electrons. The van der Waals surface area contributed by atoms with Gasteiger partial charge in [0.15, 0.2) is 9.84 Å². The van der Waals surface area contributed by atoms with Gasteiger partial charge < -0.3 is 19.8 Å². The molecule has 0 bridgehead atoms. The molecule has 11 heteroatoms. The molecule has 2 aromatic heterocycles.